The lowest BCUT2D eigenvalue weighted by atomic mass is 10.2. The minimum absolute atomic E-state index is 0.227. The number of fused-ring (bicyclic) bond motifs is 1. The van der Waals surface area contributed by atoms with Crippen LogP contribution in [0.2, 0.25) is 0 Å². The summed E-state index contributed by atoms with van der Waals surface area (Å²) in [5.41, 5.74) is 2.83. The van der Waals surface area contributed by atoms with Gasteiger partial charge in [0, 0.05) is 30.0 Å². The molecule has 29 heavy (non-hydrogen) atoms. The quantitative estimate of drug-likeness (QED) is 0.488. The third-order valence-electron chi connectivity index (χ3n) is 4.45. The van der Waals surface area contributed by atoms with Crippen LogP contribution in [-0.2, 0) is 16.0 Å². The predicted octanol–water partition coefficient (Wildman–Crippen LogP) is 3.14. The number of hydrogen-bond acceptors (Lipinski definition) is 6. The van der Waals surface area contributed by atoms with Crippen molar-refractivity contribution in [3.8, 4) is 11.6 Å². The molecule has 0 aliphatic heterocycles. The van der Waals surface area contributed by atoms with Crippen LogP contribution in [0, 0.1) is 0 Å². The third kappa shape index (κ3) is 3.96. The predicted molar refractivity (Wildman–Crippen MR) is 110 cm³/mol. The number of nitrogens with zero attached hydrogens (tertiary/aromatic N) is 5. The zero-order chi connectivity index (χ0) is 20.2. The number of carbonyl (C=O) groups is 1. The van der Waals surface area contributed by atoms with E-state index in [-0.39, 0.29) is 12.4 Å². The molecule has 8 nitrogen and oxygen atoms in total. The molecule has 0 saturated heterocycles. The van der Waals surface area contributed by atoms with Gasteiger partial charge in [0.1, 0.15) is 0 Å². The maximum Gasteiger partial charge on any atom is 0.310 e. The number of nitrogens with one attached hydrogen (secondary N) is 1. The standard InChI is InChI=1S/C21H22N6O2/c1-3-23-17-6-5-16-11-24-27(18(16)10-17)20-13-22-12-19(25-20)26-8-7-15(14-26)9-21(28)29-4-2/h5-8,10-14,23H,3-4,9H2,1-2H3. The fourth-order valence-corrected chi connectivity index (χ4v) is 3.15. The van der Waals surface area contributed by atoms with Crippen LogP contribution < -0.4 is 5.32 Å². The van der Waals surface area contributed by atoms with Gasteiger partial charge >= 0.3 is 5.97 Å². The number of benzene rings is 1. The van der Waals surface area contributed by atoms with Gasteiger partial charge in [-0.1, -0.05) is 0 Å². The summed E-state index contributed by atoms with van der Waals surface area (Å²) in [6.45, 7) is 5.07. The van der Waals surface area contributed by atoms with E-state index < -0.39 is 0 Å². The molecule has 4 aromatic rings. The van der Waals surface area contributed by atoms with E-state index in [1.165, 1.54) is 0 Å². The highest BCUT2D eigenvalue weighted by atomic mass is 16.5. The first-order valence-corrected chi connectivity index (χ1v) is 9.55. The summed E-state index contributed by atoms with van der Waals surface area (Å²) in [6.07, 6.45) is 9.10. The number of anilines is 1. The normalized spacial score (nSPS) is 11.0. The first-order chi connectivity index (χ1) is 14.2. The lowest BCUT2D eigenvalue weighted by Gasteiger charge is -2.07. The lowest BCUT2D eigenvalue weighted by molar-refractivity contribution is -0.142. The van der Waals surface area contributed by atoms with Crippen LogP contribution in [0.15, 0.2) is 55.2 Å². The molecule has 0 spiro atoms. The Kier molecular flexibility index (Phi) is 5.24. The van der Waals surface area contributed by atoms with Crippen molar-refractivity contribution in [2.75, 3.05) is 18.5 Å². The topological polar surface area (TPSA) is 86.9 Å². The van der Waals surface area contributed by atoms with Gasteiger partial charge in [-0.15, -0.1) is 0 Å². The molecule has 4 rings (SSSR count). The molecule has 3 aromatic heterocycles. The van der Waals surface area contributed by atoms with Crippen LogP contribution in [0.25, 0.3) is 22.5 Å². The maximum absolute atomic E-state index is 11.7. The fourth-order valence-electron chi connectivity index (χ4n) is 3.15. The zero-order valence-corrected chi connectivity index (χ0v) is 16.4. The number of ether oxygens (including phenoxy) is 1. The lowest BCUT2D eigenvalue weighted by Crippen LogP contribution is -2.07. The summed E-state index contributed by atoms with van der Waals surface area (Å²) in [5, 5.41) is 8.82. The van der Waals surface area contributed by atoms with E-state index >= 15 is 0 Å². The smallest absolute Gasteiger partial charge is 0.310 e. The van der Waals surface area contributed by atoms with E-state index in [1.54, 1.807) is 24.0 Å². The average molecular weight is 390 g/mol. The van der Waals surface area contributed by atoms with E-state index in [0.717, 1.165) is 28.7 Å². The fraction of sp³-hybridized carbons (Fsp3) is 0.238. The van der Waals surface area contributed by atoms with Crippen molar-refractivity contribution in [1.82, 2.24) is 24.3 Å². The highest BCUT2D eigenvalue weighted by molar-refractivity contribution is 5.83. The van der Waals surface area contributed by atoms with Gasteiger partial charge in [-0.2, -0.15) is 5.10 Å². The van der Waals surface area contributed by atoms with Crippen molar-refractivity contribution >= 4 is 22.6 Å². The monoisotopic (exact) mass is 390 g/mol. The van der Waals surface area contributed by atoms with E-state index in [4.69, 9.17) is 9.72 Å². The van der Waals surface area contributed by atoms with Crippen molar-refractivity contribution in [3.05, 3.63) is 60.8 Å². The second kappa shape index (κ2) is 8.14. The third-order valence-corrected chi connectivity index (χ3v) is 4.45. The molecular formula is C21H22N6O2. The molecule has 0 atom stereocenters. The van der Waals surface area contributed by atoms with Crippen molar-refractivity contribution in [2.45, 2.75) is 20.3 Å². The van der Waals surface area contributed by atoms with Crippen molar-refractivity contribution < 1.29 is 9.53 Å². The zero-order valence-electron chi connectivity index (χ0n) is 16.4. The molecule has 1 N–H and O–H groups in total. The van der Waals surface area contributed by atoms with Gasteiger partial charge in [0.25, 0.3) is 0 Å². The van der Waals surface area contributed by atoms with Gasteiger partial charge in [-0.25, -0.2) is 9.67 Å². The van der Waals surface area contributed by atoms with Gasteiger partial charge in [0.2, 0.25) is 0 Å². The maximum atomic E-state index is 11.7. The number of hydrogen-bond donors (Lipinski definition) is 1. The minimum Gasteiger partial charge on any atom is -0.466 e. The van der Waals surface area contributed by atoms with Crippen molar-refractivity contribution in [2.24, 2.45) is 0 Å². The Balaban J connectivity index is 1.64. The summed E-state index contributed by atoms with van der Waals surface area (Å²) in [6, 6.07) is 7.98. The molecule has 0 radical (unpaired) electrons. The molecule has 0 aliphatic rings. The van der Waals surface area contributed by atoms with Crippen molar-refractivity contribution in [1.29, 1.82) is 0 Å². The first-order valence-electron chi connectivity index (χ1n) is 9.55. The minimum atomic E-state index is -0.246. The highest BCUT2D eigenvalue weighted by Crippen LogP contribution is 2.21. The van der Waals surface area contributed by atoms with Crippen LogP contribution in [0.5, 0.6) is 0 Å². The Labute approximate surface area is 168 Å². The first kappa shape index (κ1) is 18.7. The number of aromatic nitrogens is 5. The molecule has 0 bridgehead atoms. The SMILES string of the molecule is CCNc1ccc2cnn(-c3cncc(-n4ccc(CC(=O)OCC)c4)n3)c2c1. The molecule has 0 amide bonds. The van der Waals surface area contributed by atoms with Gasteiger partial charge in [0.15, 0.2) is 11.6 Å². The molecular weight excluding hydrogens is 368 g/mol. The number of carbonyl (C=O) groups excluding carboxylic acids is 1. The van der Waals surface area contributed by atoms with E-state index in [9.17, 15) is 4.79 Å². The largest absolute Gasteiger partial charge is 0.466 e. The van der Waals surface area contributed by atoms with Crippen LogP contribution in [0.4, 0.5) is 5.69 Å². The Bertz CT molecular complexity index is 1150. The molecule has 0 fully saturated rings. The Morgan fingerprint density at radius 3 is 2.83 bits per heavy atom. The Morgan fingerprint density at radius 1 is 1.14 bits per heavy atom. The molecule has 148 valence electrons. The number of esters is 1. The molecule has 1 aromatic carbocycles. The van der Waals surface area contributed by atoms with Gasteiger partial charge < -0.3 is 14.6 Å². The summed E-state index contributed by atoms with van der Waals surface area (Å²) in [4.78, 5) is 20.7. The molecule has 0 aliphatic carbocycles. The molecule has 0 saturated carbocycles. The van der Waals surface area contributed by atoms with Crippen LogP contribution in [0.1, 0.15) is 19.4 Å². The second-order valence-electron chi connectivity index (χ2n) is 6.50. The van der Waals surface area contributed by atoms with Crippen molar-refractivity contribution in [3.63, 3.8) is 0 Å². The Hall–Kier alpha value is -3.68. The van der Waals surface area contributed by atoms with E-state index in [0.29, 0.717) is 18.2 Å². The summed E-state index contributed by atoms with van der Waals surface area (Å²) < 4.78 is 8.61. The highest BCUT2D eigenvalue weighted by Gasteiger charge is 2.11. The van der Waals surface area contributed by atoms with Gasteiger partial charge in [-0.05, 0) is 43.7 Å². The van der Waals surface area contributed by atoms with Gasteiger partial charge in [0.05, 0.1) is 37.1 Å². The van der Waals surface area contributed by atoms with Crippen LogP contribution in [-0.4, -0.2) is 43.4 Å². The summed E-state index contributed by atoms with van der Waals surface area (Å²) in [5.74, 6) is 1.01. The van der Waals surface area contributed by atoms with Gasteiger partial charge in [-0.3, -0.25) is 9.78 Å². The molecule has 0 unspecified atom stereocenters. The van der Waals surface area contributed by atoms with E-state index in [1.807, 2.05) is 47.4 Å². The second-order valence-corrected chi connectivity index (χ2v) is 6.50. The van der Waals surface area contributed by atoms with E-state index in [2.05, 4.69) is 22.3 Å². The molecule has 8 heteroatoms. The Morgan fingerprint density at radius 2 is 2.00 bits per heavy atom. The number of rotatable bonds is 7. The summed E-state index contributed by atoms with van der Waals surface area (Å²) >= 11 is 0. The van der Waals surface area contributed by atoms with Crippen LogP contribution >= 0.6 is 0 Å². The van der Waals surface area contributed by atoms with Crippen LogP contribution in [0.3, 0.4) is 0 Å². The summed E-state index contributed by atoms with van der Waals surface area (Å²) in [7, 11) is 0. The molecule has 3 heterocycles. The average Bonchev–Trinajstić information content (AvgIpc) is 3.35.